The van der Waals surface area contributed by atoms with Crippen molar-refractivity contribution >= 4 is 39.8 Å². The summed E-state index contributed by atoms with van der Waals surface area (Å²) in [6.07, 6.45) is 4.08. The molecule has 144 valence electrons. The summed E-state index contributed by atoms with van der Waals surface area (Å²) in [5.74, 6) is 0.178. The zero-order valence-corrected chi connectivity index (χ0v) is 16.8. The first-order chi connectivity index (χ1) is 13.0. The van der Waals surface area contributed by atoms with Crippen molar-refractivity contribution in [2.24, 2.45) is 5.73 Å². The number of amidine groups is 1. The van der Waals surface area contributed by atoms with Crippen LogP contribution in [0.4, 0.5) is 4.39 Å². The fourth-order valence-corrected chi connectivity index (χ4v) is 4.10. The van der Waals surface area contributed by atoms with Gasteiger partial charge < -0.3 is 10.5 Å². The summed E-state index contributed by atoms with van der Waals surface area (Å²) in [4.78, 5) is 14.0. The van der Waals surface area contributed by atoms with E-state index < -0.39 is 0 Å². The molecule has 0 radical (unpaired) electrons. The Hall–Kier alpha value is -2.12. The lowest BCUT2D eigenvalue weighted by molar-refractivity contribution is -0.137. The second-order valence-corrected chi connectivity index (χ2v) is 7.98. The molecule has 0 aliphatic rings. The lowest BCUT2D eigenvalue weighted by Gasteiger charge is -2.06. The van der Waals surface area contributed by atoms with Crippen molar-refractivity contribution in [3.63, 3.8) is 0 Å². The smallest absolute Gasteiger partial charge is 0.331 e. The van der Waals surface area contributed by atoms with Crippen LogP contribution in [-0.2, 0) is 9.53 Å². The Labute approximate surface area is 167 Å². The topological polar surface area (TPSA) is 76.2 Å². The van der Waals surface area contributed by atoms with Crippen molar-refractivity contribution < 1.29 is 13.9 Å². The van der Waals surface area contributed by atoms with Crippen LogP contribution >= 0.6 is 23.1 Å². The normalized spacial score (nSPS) is 11.4. The van der Waals surface area contributed by atoms with Crippen molar-refractivity contribution in [2.45, 2.75) is 26.2 Å². The van der Waals surface area contributed by atoms with Gasteiger partial charge in [-0.3, -0.25) is 5.41 Å². The molecule has 0 atom stereocenters. The number of rotatable bonds is 9. The minimum Gasteiger partial charge on any atom is -0.463 e. The van der Waals surface area contributed by atoms with Crippen LogP contribution in [0.15, 0.2) is 42.5 Å². The predicted octanol–water partition coefficient (Wildman–Crippen LogP) is 5.30. The summed E-state index contributed by atoms with van der Waals surface area (Å²) in [5.41, 5.74) is 7.22. The zero-order chi connectivity index (χ0) is 19.6. The van der Waals surface area contributed by atoms with Gasteiger partial charge in [0.25, 0.3) is 0 Å². The van der Waals surface area contributed by atoms with Gasteiger partial charge in [0.1, 0.15) is 5.82 Å². The number of allylic oxidation sites excluding steroid dienone is 1. The highest BCUT2D eigenvalue weighted by Gasteiger charge is 2.10. The molecule has 2 aromatic rings. The molecule has 1 heterocycles. The van der Waals surface area contributed by atoms with Gasteiger partial charge in [-0.25, -0.2) is 9.18 Å². The van der Waals surface area contributed by atoms with E-state index >= 15 is 0 Å². The maximum atomic E-state index is 13.1. The maximum absolute atomic E-state index is 13.1. The van der Waals surface area contributed by atoms with Crippen molar-refractivity contribution in [2.75, 3.05) is 12.4 Å². The first-order valence-corrected chi connectivity index (χ1v) is 10.5. The van der Waals surface area contributed by atoms with E-state index in [1.165, 1.54) is 23.9 Å². The number of carbonyl (C=O) groups is 1. The highest BCUT2D eigenvalue weighted by molar-refractivity contribution is 8.13. The average molecular weight is 407 g/mol. The van der Waals surface area contributed by atoms with E-state index in [9.17, 15) is 9.18 Å². The fraction of sp³-hybridized carbons (Fsp3) is 0.300. The first-order valence-electron chi connectivity index (χ1n) is 8.70. The second kappa shape index (κ2) is 10.9. The van der Waals surface area contributed by atoms with Crippen molar-refractivity contribution in [1.82, 2.24) is 0 Å². The summed E-state index contributed by atoms with van der Waals surface area (Å²) in [6, 6.07) is 10.3. The Balaban J connectivity index is 2.11. The molecule has 0 aliphatic carbocycles. The third-order valence-electron chi connectivity index (χ3n) is 3.73. The molecule has 2 rings (SSSR count). The number of unbranched alkanes of at least 4 members (excludes halogenated alkanes) is 1. The van der Waals surface area contributed by atoms with E-state index in [1.807, 2.05) is 12.1 Å². The number of carbonyl (C=O) groups excluding carboxylic acids is 1. The number of benzene rings is 1. The van der Waals surface area contributed by atoms with Crippen molar-refractivity contribution in [3.05, 3.63) is 53.2 Å². The standard InChI is InChI=1S/C20H23FN2O2S2/c1-2-25-19(24)13-15(5-3-4-12-26-20(22)23)18-11-10-17(27-18)14-6-8-16(21)9-7-14/h6-11,13H,2-5,12H2,1H3,(H3,22,23)/b15-13-. The molecule has 3 N–H and O–H groups in total. The van der Waals surface area contributed by atoms with Gasteiger partial charge >= 0.3 is 5.97 Å². The Kier molecular flexibility index (Phi) is 8.54. The highest BCUT2D eigenvalue weighted by atomic mass is 32.2. The average Bonchev–Trinajstić information content (AvgIpc) is 3.11. The number of nitrogens with one attached hydrogen (secondary N) is 1. The van der Waals surface area contributed by atoms with Gasteiger partial charge in [0.15, 0.2) is 5.17 Å². The van der Waals surface area contributed by atoms with Gasteiger partial charge in [-0.05, 0) is 61.6 Å². The van der Waals surface area contributed by atoms with E-state index in [4.69, 9.17) is 15.9 Å². The number of ether oxygens (including phenoxy) is 1. The predicted molar refractivity (Wildman–Crippen MR) is 113 cm³/mol. The van der Waals surface area contributed by atoms with Crippen molar-refractivity contribution in [1.29, 1.82) is 5.41 Å². The van der Waals surface area contributed by atoms with Gasteiger partial charge in [-0.15, -0.1) is 11.3 Å². The molecule has 0 saturated carbocycles. The largest absolute Gasteiger partial charge is 0.463 e. The van der Waals surface area contributed by atoms with Crippen molar-refractivity contribution in [3.8, 4) is 10.4 Å². The SMILES string of the molecule is CCOC(=O)/C=C(/CCCCSC(=N)N)c1ccc(-c2ccc(F)cc2)s1. The van der Waals surface area contributed by atoms with Crippen LogP contribution in [0.5, 0.6) is 0 Å². The summed E-state index contributed by atoms with van der Waals surface area (Å²) in [7, 11) is 0. The summed E-state index contributed by atoms with van der Waals surface area (Å²) >= 11 is 2.90. The minimum atomic E-state index is -0.345. The lowest BCUT2D eigenvalue weighted by Crippen LogP contribution is -2.04. The summed E-state index contributed by atoms with van der Waals surface area (Å²) in [6.45, 7) is 2.12. The molecule has 4 nitrogen and oxygen atoms in total. The van der Waals surface area contributed by atoms with Crippen LogP contribution in [0.3, 0.4) is 0 Å². The molecule has 1 aromatic carbocycles. The van der Waals surface area contributed by atoms with Crippen LogP contribution in [0, 0.1) is 11.2 Å². The first kappa shape index (κ1) is 21.2. The Morgan fingerprint density at radius 3 is 2.67 bits per heavy atom. The summed E-state index contributed by atoms with van der Waals surface area (Å²) in [5, 5.41) is 7.36. The molecular formula is C20H23FN2O2S2. The van der Waals surface area contributed by atoms with Crippen LogP contribution in [0.25, 0.3) is 16.0 Å². The molecule has 0 fully saturated rings. The van der Waals surface area contributed by atoms with E-state index in [-0.39, 0.29) is 17.0 Å². The molecular weight excluding hydrogens is 383 g/mol. The summed E-state index contributed by atoms with van der Waals surface area (Å²) < 4.78 is 18.2. The molecule has 0 unspecified atom stereocenters. The molecule has 1 aromatic heterocycles. The quantitative estimate of drug-likeness (QED) is 0.195. The molecule has 0 amide bonds. The number of halogens is 1. The fourth-order valence-electron chi connectivity index (χ4n) is 2.47. The maximum Gasteiger partial charge on any atom is 0.331 e. The van der Waals surface area contributed by atoms with E-state index in [0.29, 0.717) is 6.61 Å². The van der Waals surface area contributed by atoms with Gasteiger partial charge in [0, 0.05) is 21.6 Å². The molecule has 27 heavy (non-hydrogen) atoms. The van der Waals surface area contributed by atoms with Gasteiger partial charge in [0.05, 0.1) is 6.61 Å². The van der Waals surface area contributed by atoms with Crippen LogP contribution in [-0.4, -0.2) is 23.5 Å². The number of esters is 1. The molecule has 0 aliphatic heterocycles. The molecule has 0 saturated heterocycles. The van der Waals surface area contributed by atoms with E-state index in [0.717, 1.165) is 45.9 Å². The third-order valence-corrected chi connectivity index (χ3v) is 5.74. The zero-order valence-electron chi connectivity index (χ0n) is 15.2. The van der Waals surface area contributed by atoms with E-state index in [1.54, 1.807) is 36.5 Å². The van der Waals surface area contributed by atoms with Crippen LogP contribution in [0.1, 0.15) is 31.1 Å². The number of thiophene rings is 1. The number of hydrogen-bond acceptors (Lipinski definition) is 5. The number of thioether (sulfide) groups is 1. The number of nitrogens with two attached hydrogens (primary N) is 1. The van der Waals surface area contributed by atoms with Crippen LogP contribution < -0.4 is 5.73 Å². The molecule has 0 spiro atoms. The van der Waals surface area contributed by atoms with Gasteiger partial charge in [0.2, 0.25) is 0 Å². The Bertz CT molecular complexity index is 801. The third kappa shape index (κ3) is 7.19. The molecule has 7 heteroatoms. The van der Waals surface area contributed by atoms with E-state index in [2.05, 4.69) is 0 Å². The van der Waals surface area contributed by atoms with Gasteiger partial charge in [-0.1, -0.05) is 23.9 Å². The monoisotopic (exact) mass is 406 g/mol. The molecule has 0 bridgehead atoms. The Morgan fingerprint density at radius 1 is 1.26 bits per heavy atom. The lowest BCUT2D eigenvalue weighted by atomic mass is 10.1. The Morgan fingerprint density at radius 2 is 2.00 bits per heavy atom. The minimum absolute atomic E-state index is 0.125. The van der Waals surface area contributed by atoms with Crippen LogP contribution in [0.2, 0.25) is 0 Å². The van der Waals surface area contributed by atoms with Gasteiger partial charge in [-0.2, -0.15) is 0 Å². The number of hydrogen-bond donors (Lipinski definition) is 2. The highest BCUT2D eigenvalue weighted by Crippen LogP contribution is 2.34. The second-order valence-electron chi connectivity index (χ2n) is 5.76.